The van der Waals surface area contributed by atoms with Gasteiger partial charge in [-0.1, -0.05) is 13.8 Å². The Hall–Kier alpha value is -4.72. The number of urea groups is 1. The fraction of sp³-hybridized carbons (Fsp3) is 0.333. The number of piperazine rings is 1. The molecular formula is C27H29N7O4. The number of fused-ring (bicyclic) bond motifs is 1. The molecule has 0 bridgehead atoms. The van der Waals surface area contributed by atoms with Crippen LogP contribution >= 0.6 is 0 Å². The molecule has 1 atom stereocenters. The quantitative estimate of drug-likeness (QED) is 0.300. The van der Waals surface area contributed by atoms with Crippen molar-refractivity contribution in [2.75, 3.05) is 43.5 Å². The summed E-state index contributed by atoms with van der Waals surface area (Å²) in [5, 5.41) is 15.7. The van der Waals surface area contributed by atoms with Crippen molar-refractivity contribution in [2.24, 2.45) is 10.9 Å². The number of amides is 2. The van der Waals surface area contributed by atoms with Gasteiger partial charge in [-0.15, -0.1) is 4.99 Å². The molecule has 3 aromatic rings. The van der Waals surface area contributed by atoms with Gasteiger partial charge in [0, 0.05) is 42.6 Å². The van der Waals surface area contributed by atoms with Crippen molar-refractivity contribution in [3.05, 3.63) is 55.1 Å². The van der Waals surface area contributed by atoms with Gasteiger partial charge in [-0.05, 0) is 42.3 Å². The first-order chi connectivity index (χ1) is 18.5. The first kappa shape index (κ1) is 25.0. The Labute approximate surface area is 220 Å². The lowest BCUT2D eigenvalue weighted by atomic mass is 10.00. The van der Waals surface area contributed by atoms with Crippen LogP contribution in [-0.2, 0) is 0 Å². The summed E-state index contributed by atoms with van der Waals surface area (Å²) in [4.78, 5) is 25.0. The van der Waals surface area contributed by atoms with Gasteiger partial charge in [0.15, 0.2) is 23.7 Å². The number of rotatable bonds is 4. The molecule has 1 fully saturated rings. The summed E-state index contributed by atoms with van der Waals surface area (Å²) in [5.41, 5.74) is 2.32. The molecular weight excluding hydrogens is 486 g/mol. The van der Waals surface area contributed by atoms with Gasteiger partial charge in [0.25, 0.3) is 0 Å². The number of ether oxygens (including phenoxy) is 2. The van der Waals surface area contributed by atoms with E-state index >= 15 is 0 Å². The van der Waals surface area contributed by atoms with E-state index in [0.29, 0.717) is 61.8 Å². The van der Waals surface area contributed by atoms with Crippen molar-refractivity contribution in [3.63, 3.8) is 0 Å². The molecule has 11 nitrogen and oxygen atoms in total. The number of aliphatic imine (C=N–C) groups is 1. The van der Waals surface area contributed by atoms with Crippen LogP contribution in [0.25, 0.3) is 11.3 Å². The third-order valence-corrected chi connectivity index (χ3v) is 6.55. The minimum Gasteiger partial charge on any atom is -0.486 e. The summed E-state index contributed by atoms with van der Waals surface area (Å²) in [6.45, 7) is 6.64. The molecule has 2 aromatic carbocycles. The number of carbonyl (C=O) groups excluding carboxylic acids is 1. The van der Waals surface area contributed by atoms with Crippen LogP contribution in [0.1, 0.15) is 13.8 Å². The number of hydrogen-bond donors (Lipinski definition) is 2. The number of hydrogen-bond acceptors (Lipinski definition) is 7. The Morgan fingerprint density at radius 2 is 1.84 bits per heavy atom. The maximum atomic E-state index is 13.1. The second kappa shape index (κ2) is 11.1. The molecule has 1 saturated heterocycles. The molecule has 1 aromatic heterocycles. The van der Waals surface area contributed by atoms with Crippen molar-refractivity contribution < 1.29 is 18.7 Å². The highest BCUT2D eigenvalue weighted by Gasteiger charge is 2.34. The monoisotopic (exact) mass is 515 g/mol. The zero-order valence-electron chi connectivity index (χ0n) is 21.3. The Morgan fingerprint density at radius 3 is 2.55 bits per heavy atom. The fourth-order valence-corrected chi connectivity index (χ4v) is 4.57. The highest BCUT2D eigenvalue weighted by molar-refractivity contribution is 5.95. The molecule has 196 valence electrons. The van der Waals surface area contributed by atoms with E-state index < -0.39 is 0 Å². The molecule has 2 amide bonds. The fourth-order valence-electron chi connectivity index (χ4n) is 4.57. The lowest BCUT2D eigenvalue weighted by Crippen LogP contribution is -2.60. The van der Waals surface area contributed by atoms with Crippen LogP contribution < -0.4 is 20.1 Å². The smallest absolute Gasteiger partial charge is 0.321 e. The molecule has 38 heavy (non-hydrogen) atoms. The van der Waals surface area contributed by atoms with Crippen LogP contribution in [0.2, 0.25) is 0 Å². The molecule has 2 aliphatic rings. The summed E-state index contributed by atoms with van der Waals surface area (Å²) in [6.07, 6.45) is 4.96. The molecule has 1 unspecified atom stereocenters. The number of anilines is 2. The second-order valence-corrected chi connectivity index (χ2v) is 9.34. The lowest BCUT2D eigenvalue weighted by Gasteiger charge is -2.44. The van der Waals surface area contributed by atoms with Gasteiger partial charge in [0.1, 0.15) is 13.2 Å². The van der Waals surface area contributed by atoms with Gasteiger partial charge in [0.2, 0.25) is 12.2 Å². The molecule has 0 spiro atoms. The first-order valence-corrected chi connectivity index (χ1v) is 12.5. The Morgan fingerprint density at radius 1 is 1.08 bits per heavy atom. The van der Waals surface area contributed by atoms with Crippen LogP contribution in [0.4, 0.5) is 16.2 Å². The molecule has 11 heteroatoms. The Balaban J connectivity index is 1.26. The predicted octanol–water partition coefficient (Wildman–Crippen LogP) is 4.24. The summed E-state index contributed by atoms with van der Waals surface area (Å²) >= 11 is 0. The predicted molar refractivity (Wildman–Crippen MR) is 142 cm³/mol. The van der Waals surface area contributed by atoms with Crippen molar-refractivity contribution in [1.82, 2.24) is 14.8 Å². The van der Waals surface area contributed by atoms with Crippen molar-refractivity contribution >= 4 is 23.4 Å². The number of nitrogens with zero attached hydrogens (tertiary/aromatic N) is 5. The maximum Gasteiger partial charge on any atom is 0.321 e. The third-order valence-electron chi connectivity index (χ3n) is 6.55. The van der Waals surface area contributed by atoms with E-state index in [2.05, 4.69) is 39.4 Å². The average Bonchev–Trinajstić information content (AvgIpc) is 3.48. The zero-order valence-corrected chi connectivity index (χ0v) is 21.3. The van der Waals surface area contributed by atoms with Crippen LogP contribution in [0.3, 0.4) is 0 Å². The van der Waals surface area contributed by atoms with Crippen LogP contribution in [0.5, 0.6) is 11.5 Å². The van der Waals surface area contributed by atoms with Gasteiger partial charge in [-0.25, -0.2) is 9.78 Å². The summed E-state index contributed by atoms with van der Waals surface area (Å²) in [6, 6.07) is 12.7. The molecule has 5 rings (SSSR count). The van der Waals surface area contributed by atoms with Gasteiger partial charge in [-0.3, -0.25) is 0 Å². The first-order valence-electron chi connectivity index (χ1n) is 12.5. The normalized spacial score (nSPS) is 17.2. The molecule has 2 aliphatic heterocycles. The van der Waals surface area contributed by atoms with Crippen LogP contribution in [0, 0.1) is 17.4 Å². The Kier molecular flexibility index (Phi) is 7.31. The molecule has 0 saturated carbocycles. The average molecular weight is 516 g/mol. The van der Waals surface area contributed by atoms with E-state index in [0.717, 1.165) is 11.3 Å². The lowest BCUT2D eigenvalue weighted by molar-refractivity contribution is 0.120. The van der Waals surface area contributed by atoms with E-state index in [4.69, 9.17) is 13.9 Å². The summed E-state index contributed by atoms with van der Waals surface area (Å²) in [5.74, 6) is 2.61. The number of carbonyl (C=O) groups is 1. The topological polar surface area (TPSA) is 128 Å². The SMILES string of the molecule is CC(C)C1CN(C(=O)Nc2ccc3c(c2)OCCO3)CCN1/C(=N/C#N)Nc1ccc(-c2cnco2)cc1. The third kappa shape index (κ3) is 5.49. The standard InChI is InChI=1S/C27H29N7O4/c1-18(2)22-15-33(27(35)32-21-7-8-23-24(13-21)37-12-11-36-23)9-10-34(22)26(30-16-28)31-20-5-3-19(4-6-20)25-14-29-17-38-25/h3-8,13-14,17-18,22H,9-12,15H2,1-2H3,(H,30,31)(H,32,35). The van der Waals surface area contributed by atoms with Gasteiger partial charge in [0.05, 0.1) is 12.2 Å². The summed E-state index contributed by atoms with van der Waals surface area (Å²) < 4.78 is 16.5. The minimum atomic E-state index is -0.193. The number of nitriles is 1. The number of oxazole rings is 1. The molecule has 0 aliphatic carbocycles. The van der Waals surface area contributed by atoms with Gasteiger partial charge >= 0.3 is 6.03 Å². The van der Waals surface area contributed by atoms with Crippen molar-refractivity contribution in [2.45, 2.75) is 19.9 Å². The highest BCUT2D eigenvalue weighted by atomic mass is 16.6. The minimum absolute atomic E-state index is 0.0529. The summed E-state index contributed by atoms with van der Waals surface area (Å²) in [7, 11) is 0. The number of guanidine groups is 1. The van der Waals surface area contributed by atoms with E-state index in [-0.39, 0.29) is 18.0 Å². The second-order valence-electron chi connectivity index (χ2n) is 9.34. The van der Waals surface area contributed by atoms with Gasteiger partial charge in [-0.2, -0.15) is 5.26 Å². The Bertz CT molecular complexity index is 1330. The van der Waals surface area contributed by atoms with E-state index in [1.165, 1.54) is 6.39 Å². The maximum absolute atomic E-state index is 13.1. The van der Waals surface area contributed by atoms with Crippen molar-refractivity contribution in [3.8, 4) is 29.0 Å². The molecule has 0 radical (unpaired) electrons. The largest absolute Gasteiger partial charge is 0.486 e. The van der Waals surface area contributed by atoms with E-state index in [9.17, 15) is 10.1 Å². The van der Waals surface area contributed by atoms with Crippen LogP contribution in [0.15, 0.2) is 64.5 Å². The van der Waals surface area contributed by atoms with E-state index in [1.54, 1.807) is 29.3 Å². The van der Waals surface area contributed by atoms with E-state index in [1.807, 2.05) is 30.5 Å². The van der Waals surface area contributed by atoms with Crippen LogP contribution in [-0.4, -0.2) is 65.7 Å². The number of benzene rings is 2. The number of nitrogens with one attached hydrogen (secondary N) is 2. The zero-order chi connectivity index (χ0) is 26.5. The van der Waals surface area contributed by atoms with Gasteiger partial charge < -0.3 is 34.3 Å². The van der Waals surface area contributed by atoms with Crippen molar-refractivity contribution in [1.29, 1.82) is 5.26 Å². The molecule has 3 heterocycles. The highest BCUT2D eigenvalue weighted by Crippen LogP contribution is 2.33. The molecule has 2 N–H and O–H groups in total. The number of aromatic nitrogens is 1.